The predicted molar refractivity (Wildman–Crippen MR) is 101 cm³/mol. The van der Waals surface area contributed by atoms with Gasteiger partial charge in [0, 0.05) is 11.1 Å². The average Bonchev–Trinajstić information content (AvgIpc) is 2.52. The number of benzene rings is 2. The van der Waals surface area contributed by atoms with Crippen LogP contribution < -0.4 is 5.43 Å². The molecule has 24 heavy (non-hydrogen) atoms. The van der Waals surface area contributed by atoms with E-state index in [0.29, 0.717) is 36.8 Å². The van der Waals surface area contributed by atoms with Crippen LogP contribution in [-0.2, 0) is 0 Å². The van der Waals surface area contributed by atoms with Gasteiger partial charge >= 0.3 is 0 Å². The van der Waals surface area contributed by atoms with Crippen molar-refractivity contribution in [2.45, 2.75) is 19.8 Å². The molecule has 0 fully saturated rings. The first-order chi connectivity index (χ1) is 11.3. The predicted octanol–water partition coefficient (Wildman–Crippen LogP) is 5.52. The Morgan fingerprint density at radius 1 is 1.04 bits per heavy atom. The number of phenolic OH excluding ortho intramolecular Hbond substituents is 2. The van der Waals surface area contributed by atoms with Crippen LogP contribution in [0.2, 0.25) is 0 Å². The Kier molecular flexibility index (Phi) is 4.44. The van der Waals surface area contributed by atoms with E-state index in [9.17, 15) is 15.0 Å². The van der Waals surface area contributed by atoms with E-state index in [1.54, 1.807) is 18.2 Å². The topological polar surface area (TPSA) is 70.7 Å². The minimum absolute atomic E-state index is 0.0207. The lowest BCUT2D eigenvalue weighted by atomic mass is 9.96. The fraction of sp³-hybridized carbons (Fsp3) is 0.167. The van der Waals surface area contributed by atoms with Crippen molar-refractivity contribution in [2.24, 2.45) is 0 Å². The van der Waals surface area contributed by atoms with Gasteiger partial charge in [0.25, 0.3) is 0 Å². The molecule has 0 aliphatic carbocycles. The molecule has 0 aliphatic rings. The first kappa shape index (κ1) is 17.0. The molecule has 4 nitrogen and oxygen atoms in total. The van der Waals surface area contributed by atoms with Crippen LogP contribution in [0.1, 0.15) is 25.3 Å². The highest BCUT2D eigenvalue weighted by Crippen LogP contribution is 2.39. The largest absolute Gasteiger partial charge is 0.508 e. The van der Waals surface area contributed by atoms with Gasteiger partial charge in [0.1, 0.15) is 22.8 Å². The lowest BCUT2D eigenvalue weighted by molar-refractivity contribution is 0.468. The molecule has 0 aliphatic heterocycles. The molecule has 0 saturated carbocycles. The van der Waals surface area contributed by atoms with Crippen LogP contribution in [-0.4, -0.2) is 10.2 Å². The van der Waals surface area contributed by atoms with Crippen molar-refractivity contribution in [3.63, 3.8) is 0 Å². The summed E-state index contributed by atoms with van der Waals surface area (Å²) in [4.78, 5) is 12.9. The Morgan fingerprint density at radius 3 is 2.25 bits per heavy atom. The smallest absolute Gasteiger partial charge is 0.196 e. The van der Waals surface area contributed by atoms with E-state index in [0.717, 1.165) is 0 Å². The number of halogens is 2. The minimum atomic E-state index is -0.169. The summed E-state index contributed by atoms with van der Waals surface area (Å²) in [5.74, 6) is 0.481. The summed E-state index contributed by atoms with van der Waals surface area (Å²) in [6.45, 7) is 3.82. The van der Waals surface area contributed by atoms with Gasteiger partial charge in [0.05, 0.1) is 14.3 Å². The number of phenols is 2. The number of rotatable bonds is 2. The van der Waals surface area contributed by atoms with E-state index >= 15 is 0 Å². The van der Waals surface area contributed by atoms with Crippen LogP contribution in [0.25, 0.3) is 22.3 Å². The van der Waals surface area contributed by atoms with Crippen LogP contribution in [0.3, 0.4) is 0 Å². The SMILES string of the molecule is CC(C)c1c(-c2cc(Br)c(O)c(Br)c2)oc2ccc(O)cc2c1=O. The summed E-state index contributed by atoms with van der Waals surface area (Å²) in [5, 5.41) is 19.9. The van der Waals surface area contributed by atoms with Gasteiger partial charge < -0.3 is 14.6 Å². The van der Waals surface area contributed by atoms with E-state index < -0.39 is 0 Å². The molecule has 2 N–H and O–H groups in total. The lowest BCUT2D eigenvalue weighted by Gasteiger charge is -2.14. The summed E-state index contributed by atoms with van der Waals surface area (Å²) in [6.07, 6.45) is 0. The maximum atomic E-state index is 12.9. The van der Waals surface area contributed by atoms with Gasteiger partial charge in [-0.2, -0.15) is 0 Å². The van der Waals surface area contributed by atoms with Gasteiger partial charge in [-0.25, -0.2) is 0 Å². The zero-order chi connectivity index (χ0) is 17.6. The second-order valence-electron chi connectivity index (χ2n) is 5.80. The molecule has 0 amide bonds. The summed E-state index contributed by atoms with van der Waals surface area (Å²) < 4.78 is 6.98. The molecule has 0 saturated heterocycles. The molecule has 1 aromatic heterocycles. The van der Waals surface area contributed by atoms with Crippen molar-refractivity contribution in [1.29, 1.82) is 0 Å². The van der Waals surface area contributed by atoms with Crippen LogP contribution in [0.4, 0.5) is 0 Å². The molecule has 124 valence electrons. The van der Waals surface area contributed by atoms with E-state index in [1.165, 1.54) is 12.1 Å². The number of fused-ring (bicyclic) bond motifs is 1. The first-order valence-corrected chi connectivity index (χ1v) is 8.86. The molecule has 0 radical (unpaired) electrons. The maximum Gasteiger partial charge on any atom is 0.196 e. The molecule has 0 unspecified atom stereocenters. The molecule has 1 heterocycles. The van der Waals surface area contributed by atoms with Crippen LogP contribution in [0.15, 0.2) is 48.5 Å². The molecule has 3 rings (SSSR count). The van der Waals surface area contributed by atoms with E-state index in [1.807, 2.05) is 13.8 Å². The van der Waals surface area contributed by atoms with Crippen LogP contribution >= 0.6 is 31.9 Å². The molecular weight excluding hydrogens is 440 g/mol. The van der Waals surface area contributed by atoms with E-state index in [-0.39, 0.29) is 22.8 Å². The Balaban J connectivity index is 2.41. The zero-order valence-electron chi connectivity index (χ0n) is 12.9. The summed E-state index contributed by atoms with van der Waals surface area (Å²) in [7, 11) is 0. The van der Waals surface area contributed by atoms with Crippen molar-refractivity contribution in [1.82, 2.24) is 0 Å². The standard InChI is InChI=1S/C18H14Br2O4/c1-8(2)15-16(22)11-7-10(21)3-4-14(11)24-18(15)9-5-12(19)17(23)13(20)6-9/h3-8,21,23H,1-2H3. The zero-order valence-corrected chi connectivity index (χ0v) is 16.1. The van der Waals surface area contributed by atoms with Crippen LogP contribution in [0.5, 0.6) is 11.5 Å². The molecule has 0 atom stereocenters. The third-order valence-corrected chi connectivity index (χ3v) is 4.97. The highest BCUT2D eigenvalue weighted by Gasteiger charge is 2.20. The minimum Gasteiger partial charge on any atom is -0.508 e. The maximum absolute atomic E-state index is 12.9. The third kappa shape index (κ3) is 2.84. The average molecular weight is 454 g/mol. The van der Waals surface area contributed by atoms with Crippen LogP contribution in [0, 0.1) is 0 Å². The Bertz CT molecular complexity index is 983. The summed E-state index contributed by atoms with van der Waals surface area (Å²) in [6, 6.07) is 7.88. The number of aromatic hydroxyl groups is 2. The lowest BCUT2D eigenvalue weighted by Crippen LogP contribution is -2.12. The fourth-order valence-electron chi connectivity index (χ4n) is 2.63. The van der Waals surface area contributed by atoms with Gasteiger partial charge in [-0.15, -0.1) is 0 Å². The van der Waals surface area contributed by atoms with E-state index in [2.05, 4.69) is 31.9 Å². The Morgan fingerprint density at radius 2 is 1.67 bits per heavy atom. The highest BCUT2D eigenvalue weighted by atomic mass is 79.9. The van der Waals surface area contributed by atoms with Crippen molar-refractivity contribution in [2.75, 3.05) is 0 Å². The third-order valence-electron chi connectivity index (χ3n) is 3.77. The molecular formula is C18H14Br2O4. The molecule has 2 aromatic carbocycles. The molecule has 0 spiro atoms. The number of hydrogen-bond acceptors (Lipinski definition) is 4. The Hall–Kier alpha value is -1.79. The summed E-state index contributed by atoms with van der Waals surface area (Å²) in [5.41, 5.74) is 1.43. The van der Waals surface area contributed by atoms with Crippen molar-refractivity contribution in [3.05, 3.63) is 55.1 Å². The molecule has 3 aromatic rings. The van der Waals surface area contributed by atoms with Gasteiger partial charge in [0.15, 0.2) is 5.43 Å². The van der Waals surface area contributed by atoms with Gasteiger partial charge in [-0.05, 0) is 68.1 Å². The van der Waals surface area contributed by atoms with Crippen molar-refractivity contribution in [3.8, 4) is 22.8 Å². The van der Waals surface area contributed by atoms with Gasteiger partial charge in [0.2, 0.25) is 0 Å². The van der Waals surface area contributed by atoms with Gasteiger partial charge in [-0.3, -0.25) is 4.79 Å². The number of hydrogen-bond donors (Lipinski definition) is 2. The summed E-state index contributed by atoms with van der Waals surface area (Å²) >= 11 is 6.60. The quantitative estimate of drug-likeness (QED) is 0.535. The Labute approximate surface area is 155 Å². The normalized spacial score (nSPS) is 11.4. The fourth-order valence-corrected chi connectivity index (χ4v) is 3.82. The molecule has 0 bridgehead atoms. The first-order valence-electron chi connectivity index (χ1n) is 7.27. The van der Waals surface area contributed by atoms with Crippen molar-refractivity contribution >= 4 is 42.8 Å². The second kappa shape index (κ2) is 6.26. The van der Waals surface area contributed by atoms with Crippen molar-refractivity contribution < 1.29 is 14.6 Å². The second-order valence-corrected chi connectivity index (χ2v) is 7.51. The van der Waals surface area contributed by atoms with Gasteiger partial charge in [-0.1, -0.05) is 13.8 Å². The highest BCUT2D eigenvalue weighted by molar-refractivity contribution is 9.11. The molecule has 6 heteroatoms. The van der Waals surface area contributed by atoms with E-state index in [4.69, 9.17) is 4.42 Å². The monoisotopic (exact) mass is 452 g/mol.